The fraction of sp³-hybridized carbons (Fsp3) is 1.00. The minimum atomic E-state index is -0.199. The zero-order chi connectivity index (χ0) is 14.5. The Bertz CT molecular complexity index is 381. The van der Waals surface area contributed by atoms with E-state index in [-0.39, 0.29) is 24.8 Å². The van der Waals surface area contributed by atoms with Crippen molar-refractivity contribution in [2.75, 3.05) is 5.33 Å². The third-order valence-corrected chi connectivity index (χ3v) is 6.80. The smallest absolute Gasteiger partial charge is 0.404 e. The molecule has 4 rings (SSSR count). The van der Waals surface area contributed by atoms with Gasteiger partial charge in [-0.05, 0) is 49.9 Å². The van der Waals surface area contributed by atoms with Crippen LogP contribution in [0.5, 0.6) is 0 Å². The van der Waals surface area contributed by atoms with E-state index in [1.54, 1.807) is 0 Å². The minimum absolute atomic E-state index is 0.0109. The van der Waals surface area contributed by atoms with Crippen molar-refractivity contribution in [3.63, 3.8) is 0 Å². The average molecular weight is 344 g/mol. The second kappa shape index (κ2) is 5.25. The summed E-state index contributed by atoms with van der Waals surface area (Å²) in [5.74, 6) is 1.44. The molecule has 20 heavy (non-hydrogen) atoms. The maximum Gasteiger partial charge on any atom is 0.475 e. The Morgan fingerprint density at radius 2 is 2.05 bits per heavy atom. The zero-order valence-electron chi connectivity index (χ0n) is 12.9. The zero-order valence-corrected chi connectivity index (χ0v) is 14.5. The third kappa shape index (κ3) is 2.20. The molecule has 0 amide bonds. The van der Waals surface area contributed by atoms with Crippen LogP contribution in [0.1, 0.15) is 52.9 Å². The summed E-state index contributed by atoms with van der Waals surface area (Å²) in [4.78, 5) is 0. The first-order chi connectivity index (χ1) is 9.39. The van der Waals surface area contributed by atoms with E-state index in [0.717, 1.165) is 30.5 Å². The van der Waals surface area contributed by atoms with E-state index in [2.05, 4.69) is 36.7 Å². The van der Waals surface area contributed by atoms with Gasteiger partial charge in [-0.25, -0.2) is 0 Å². The van der Waals surface area contributed by atoms with Crippen LogP contribution in [0.3, 0.4) is 0 Å². The number of alkyl halides is 1. The summed E-state index contributed by atoms with van der Waals surface area (Å²) in [6.45, 7) is 7.03. The molecule has 0 aromatic rings. The van der Waals surface area contributed by atoms with Gasteiger partial charge in [0, 0.05) is 11.3 Å². The molecule has 0 radical (unpaired) electrons. The maximum absolute atomic E-state index is 6.37. The van der Waals surface area contributed by atoms with Gasteiger partial charge in [-0.15, -0.1) is 0 Å². The molecule has 2 bridgehead atoms. The van der Waals surface area contributed by atoms with Gasteiger partial charge in [-0.1, -0.05) is 36.2 Å². The van der Waals surface area contributed by atoms with Crippen molar-refractivity contribution in [1.29, 1.82) is 0 Å². The third-order valence-electron chi connectivity index (χ3n) is 6.24. The summed E-state index contributed by atoms with van der Waals surface area (Å²) in [5, 5.41) is 1.05. The van der Waals surface area contributed by atoms with Gasteiger partial charge < -0.3 is 15.0 Å². The van der Waals surface area contributed by atoms with Gasteiger partial charge in [0.25, 0.3) is 0 Å². The number of rotatable bonds is 5. The molecule has 1 heterocycles. The summed E-state index contributed by atoms with van der Waals surface area (Å²) in [6.07, 6.45) is 5.98. The van der Waals surface area contributed by atoms with E-state index in [4.69, 9.17) is 15.0 Å². The fourth-order valence-corrected chi connectivity index (χ4v) is 5.09. The standard InChI is InChI=1S/C15H27BBrNO2/c1-14(2)10-8-11(14)15(3)12(9-10)19-16(20-15)13(18)6-4-5-7-17/h10-13H,4-9,18H2,1-3H3. The van der Waals surface area contributed by atoms with E-state index in [1.165, 1.54) is 12.8 Å². The highest BCUT2D eigenvalue weighted by Gasteiger charge is 2.68. The van der Waals surface area contributed by atoms with Gasteiger partial charge in [0.05, 0.1) is 11.7 Å². The summed E-state index contributed by atoms with van der Waals surface area (Å²) < 4.78 is 12.6. The van der Waals surface area contributed by atoms with Crippen LogP contribution in [0.4, 0.5) is 0 Å². The van der Waals surface area contributed by atoms with Gasteiger partial charge >= 0.3 is 7.12 Å². The van der Waals surface area contributed by atoms with E-state index in [9.17, 15) is 0 Å². The Kier molecular flexibility index (Phi) is 4.03. The van der Waals surface area contributed by atoms with Crippen molar-refractivity contribution >= 4 is 23.0 Å². The Hall–Kier alpha value is 0.425. The van der Waals surface area contributed by atoms with E-state index in [1.807, 2.05) is 0 Å². The van der Waals surface area contributed by atoms with Crippen molar-refractivity contribution in [1.82, 2.24) is 0 Å². The van der Waals surface area contributed by atoms with Gasteiger partial charge in [0.15, 0.2) is 0 Å². The summed E-state index contributed by atoms with van der Waals surface area (Å²) in [7, 11) is -0.199. The number of hydrogen-bond acceptors (Lipinski definition) is 3. The molecule has 114 valence electrons. The first-order valence-corrected chi connectivity index (χ1v) is 9.16. The monoisotopic (exact) mass is 343 g/mol. The van der Waals surface area contributed by atoms with Crippen LogP contribution in [0.15, 0.2) is 0 Å². The van der Waals surface area contributed by atoms with Crippen LogP contribution in [-0.2, 0) is 9.31 Å². The van der Waals surface area contributed by atoms with Crippen molar-refractivity contribution < 1.29 is 9.31 Å². The highest BCUT2D eigenvalue weighted by atomic mass is 79.9. The van der Waals surface area contributed by atoms with Crippen molar-refractivity contribution in [3.8, 4) is 0 Å². The molecular formula is C15H27BBrNO2. The Balaban J connectivity index is 1.64. The predicted molar refractivity (Wildman–Crippen MR) is 85.7 cm³/mol. The molecule has 5 unspecified atom stereocenters. The van der Waals surface area contributed by atoms with Crippen LogP contribution >= 0.6 is 15.9 Å². The predicted octanol–water partition coefficient (Wildman–Crippen LogP) is 3.15. The highest BCUT2D eigenvalue weighted by Crippen LogP contribution is 2.65. The molecule has 4 fully saturated rings. The first-order valence-electron chi connectivity index (χ1n) is 8.04. The van der Waals surface area contributed by atoms with Crippen LogP contribution in [0, 0.1) is 17.3 Å². The second-order valence-corrected chi connectivity index (χ2v) is 8.48. The quantitative estimate of drug-likeness (QED) is 0.473. The van der Waals surface area contributed by atoms with E-state index < -0.39 is 0 Å². The fourth-order valence-electron chi connectivity index (χ4n) is 4.69. The summed E-state index contributed by atoms with van der Waals surface area (Å²) in [6, 6.07) is 0. The molecular weight excluding hydrogens is 317 g/mol. The lowest BCUT2D eigenvalue weighted by Crippen LogP contribution is -2.65. The normalized spacial score (nSPS) is 43.0. The molecule has 4 aliphatic rings. The lowest BCUT2D eigenvalue weighted by atomic mass is 9.43. The Morgan fingerprint density at radius 3 is 2.70 bits per heavy atom. The number of hydrogen-bond donors (Lipinski definition) is 1. The number of nitrogens with two attached hydrogens (primary N) is 1. The first kappa shape index (κ1) is 15.3. The SMILES string of the molecule is CC1(C)C2CC3OB(C(N)CCCCBr)OC3(C)C1C2. The minimum Gasteiger partial charge on any atom is -0.404 e. The summed E-state index contributed by atoms with van der Waals surface area (Å²) in [5.41, 5.74) is 6.59. The van der Waals surface area contributed by atoms with Crippen LogP contribution in [0.25, 0.3) is 0 Å². The van der Waals surface area contributed by atoms with E-state index in [0.29, 0.717) is 11.3 Å². The highest BCUT2D eigenvalue weighted by molar-refractivity contribution is 9.09. The molecule has 2 N–H and O–H groups in total. The molecule has 3 nitrogen and oxygen atoms in total. The molecule has 5 atom stereocenters. The molecule has 3 aliphatic carbocycles. The molecule has 3 saturated carbocycles. The van der Waals surface area contributed by atoms with Crippen LogP contribution in [0.2, 0.25) is 0 Å². The van der Waals surface area contributed by atoms with Crippen molar-refractivity contribution in [3.05, 3.63) is 0 Å². The molecule has 0 spiro atoms. The lowest BCUT2D eigenvalue weighted by Gasteiger charge is -2.64. The van der Waals surface area contributed by atoms with Gasteiger partial charge in [-0.3, -0.25) is 0 Å². The van der Waals surface area contributed by atoms with Crippen LogP contribution in [-0.4, -0.2) is 30.1 Å². The molecule has 1 saturated heterocycles. The molecule has 5 heteroatoms. The van der Waals surface area contributed by atoms with Gasteiger partial charge in [0.2, 0.25) is 0 Å². The molecule has 1 aliphatic heterocycles. The Morgan fingerprint density at radius 1 is 1.30 bits per heavy atom. The van der Waals surface area contributed by atoms with E-state index >= 15 is 0 Å². The lowest BCUT2D eigenvalue weighted by molar-refractivity contribution is -0.199. The maximum atomic E-state index is 6.37. The topological polar surface area (TPSA) is 44.5 Å². The van der Waals surface area contributed by atoms with Gasteiger partial charge in [-0.2, -0.15) is 0 Å². The van der Waals surface area contributed by atoms with Crippen LogP contribution < -0.4 is 5.73 Å². The molecule has 0 aromatic carbocycles. The average Bonchev–Trinajstić information content (AvgIpc) is 2.75. The van der Waals surface area contributed by atoms with Crippen molar-refractivity contribution in [2.45, 2.75) is 70.5 Å². The van der Waals surface area contributed by atoms with Gasteiger partial charge in [0.1, 0.15) is 0 Å². The Labute approximate surface area is 131 Å². The number of halogens is 1. The number of unbranched alkanes of at least 4 members (excludes halogenated alkanes) is 1. The molecule has 0 aromatic heterocycles. The summed E-state index contributed by atoms with van der Waals surface area (Å²) >= 11 is 3.46. The largest absolute Gasteiger partial charge is 0.475 e. The van der Waals surface area contributed by atoms with Crippen molar-refractivity contribution in [2.24, 2.45) is 23.0 Å². The second-order valence-electron chi connectivity index (χ2n) is 7.69.